The molecule has 0 unspecified atom stereocenters. The Bertz CT molecular complexity index is 783. The zero-order chi connectivity index (χ0) is 14.8. The van der Waals surface area contributed by atoms with Crippen LogP contribution in [0.5, 0.6) is 0 Å². The predicted molar refractivity (Wildman–Crippen MR) is 85.5 cm³/mol. The van der Waals surface area contributed by atoms with Crippen molar-refractivity contribution >= 4 is 39.1 Å². The van der Waals surface area contributed by atoms with E-state index >= 15 is 0 Å². The number of amides is 1. The van der Waals surface area contributed by atoms with Gasteiger partial charge >= 0.3 is 0 Å². The first-order valence-electron chi connectivity index (χ1n) is 6.29. The Morgan fingerprint density at radius 2 is 2.19 bits per heavy atom. The smallest absolute Gasteiger partial charge is 0.253 e. The number of pyridine rings is 1. The summed E-state index contributed by atoms with van der Waals surface area (Å²) in [5.74, 6) is -0.224. The van der Waals surface area contributed by atoms with Crippen molar-refractivity contribution in [3.05, 3.63) is 69.5 Å². The molecular weight excluding hydrogens is 354 g/mol. The van der Waals surface area contributed by atoms with Gasteiger partial charge < -0.3 is 9.72 Å². The Balaban J connectivity index is 1.74. The van der Waals surface area contributed by atoms with Crippen molar-refractivity contribution in [1.29, 1.82) is 0 Å². The molecule has 6 heteroatoms. The van der Waals surface area contributed by atoms with Gasteiger partial charge in [0.05, 0.1) is 22.8 Å². The average Bonchev–Trinajstić information content (AvgIpc) is 2.90. The lowest BCUT2D eigenvalue weighted by Gasteiger charge is -2.05. The van der Waals surface area contributed by atoms with E-state index in [1.807, 2.05) is 35.0 Å². The quantitative estimate of drug-likeness (QED) is 0.770. The summed E-state index contributed by atoms with van der Waals surface area (Å²) >= 11 is 9.37. The summed E-state index contributed by atoms with van der Waals surface area (Å²) in [5.41, 5.74) is 2.08. The molecule has 3 aromatic rings. The second kappa shape index (κ2) is 5.87. The molecule has 3 rings (SSSR count). The summed E-state index contributed by atoms with van der Waals surface area (Å²) in [6.45, 7) is 0.351. The van der Waals surface area contributed by atoms with E-state index in [0.29, 0.717) is 17.1 Å². The van der Waals surface area contributed by atoms with Gasteiger partial charge in [0.15, 0.2) is 0 Å². The molecule has 21 heavy (non-hydrogen) atoms. The molecule has 0 fully saturated rings. The van der Waals surface area contributed by atoms with Gasteiger partial charge in [0.1, 0.15) is 5.65 Å². The van der Waals surface area contributed by atoms with Crippen molar-refractivity contribution < 1.29 is 4.79 Å². The number of nitrogens with zero attached hydrogens (tertiary/aromatic N) is 2. The highest BCUT2D eigenvalue weighted by molar-refractivity contribution is 9.10. The molecule has 0 aliphatic rings. The third-order valence-corrected chi connectivity index (χ3v) is 3.84. The Kier molecular flexibility index (Phi) is 3.94. The standard InChI is InChI=1S/C15H11BrClN3O/c16-10-4-5-13(17)12(7-10)15(21)18-8-11-9-20-6-2-1-3-14(20)19-11/h1-7,9H,8H2,(H,18,21). The Morgan fingerprint density at radius 1 is 1.33 bits per heavy atom. The molecule has 1 N–H and O–H groups in total. The van der Waals surface area contributed by atoms with E-state index in [2.05, 4.69) is 26.2 Å². The molecular formula is C15H11BrClN3O. The van der Waals surface area contributed by atoms with Crippen LogP contribution in [0, 0.1) is 0 Å². The van der Waals surface area contributed by atoms with E-state index < -0.39 is 0 Å². The summed E-state index contributed by atoms with van der Waals surface area (Å²) in [5, 5.41) is 3.25. The van der Waals surface area contributed by atoms with Gasteiger partial charge in [-0.25, -0.2) is 4.98 Å². The maximum absolute atomic E-state index is 12.2. The van der Waals surface area contributed by atoms with Gasteiger partial charge in [-0.05, 0) is 30.3 Å². The summed E-state index contributed by atoms with van der Waals surface area (Å²) in [4.78, 5) is 16.6. The number of benzene rings is 1. The molecule has 0 aliphatic heterocycles. The Hall–Kier alpha value is -1.85. The molecule has 4 nitrogen and oxygen atoms in total. The average molecular weight is 365 g/mol. The predicted octanol–water partition coefficient (Wildman–Crippen LogP) is 3.68. The number of carbonyl (C=O) groups excluding carboxylic acids is 1. The normalized spacial score (nSPS) is 10.8. The van der Waals surface area contributed by atoms with Crippen LogP contribution in [0.2, 0.25) is 5.02 Å². The minimum atomic E-state index is -0.224. The molecule has 0 saturated heterocycles. The fourth-order valence-electron chi connectivity index (χ4n) is 2.01. The van der Waals surface area contributed by atoms with Crippen LogP contribution in [0.3, 0.4) is 0 Å². The molecule has 106 valence electrons. The molecule has 0 saturated carbocycles. The fourth-order valence-corrected chi connectivity index (χ4v) is 2.57. The lowest BCUT2D eigenvalue weighted by molar-refractivity contribution is 0.0950. The number of rotatable bonds is 3. The van der Waals surface area contributed by atoms with Crippen molar-refractivity contribution in [2.75, 3.05) is 0 Å². The highest BCUT2D eigenvalue weighted by Gasteiger charge is 2.11. The van der Waals surface area contributed by atoms with Gasteiger partial charge in [0, 0.05) is 16.9 Å². The lowest BCUT2D eigenvalue weighted by atomic mass is 10.2. The highest BCUT2D eigenvalue weighted by Crippen LogP contribution is 2.20. The topological polar surface area (TPSA) is 46.4 Å². The zero-order valence-electron chi connectivity index (χ0n) is 10.9. The third kappa shape index (κ3) is 3.09. The van der Waals surface area contributed by atoms with Gasteiger partial charge in [-0.1, -0.05) is 33.6 Å². The summed E-state index contributed by atoms with van der Waals surface area (Å²) < 4.78 is 2.72. The monoisotopic (exact) mass is 363 g/mol. The van der Waals surface area contributed by atoms with Crippen molar-refractivity contribution in [2.24, 2.45) is 0 Å². The third-order valence-electron chi connectivity index (χ3n) is 3.02. The van der Waals surface area contributed by atoms with E-state index in [1.54, 1.807) is 18.2 Å². The number of nitrogens with one attached hydrogen (secondary N) is 1. The van der Waals surface area contributed by atoms with E-state index in [0.717, 1.165) is 15.8 Å². The minimum Gasteiger partial charge on any atom is -0.346 e. The Labute approximate surface area is 134 Å². The molecule has 2 aromatic heterocycles. The second-order valence-electron chi connectivity index (χ2n) is 4.51. The van der Waals surface area contributed by atoms with Crippen molar-refractivity contribution in [3.63, 3.8) is 0 Å². The molecule has 0 bridgehead atoms. The number of hydrogen-bond acceptors (Lipinski definition) is 2. The lowest BCUT2D eigenvalue weighted by Crippen LogP contribution is -2.23. The van der Waals surface area contributed by atoms with Gasteiger partial charge in [0.2, 0.25) is 0 Å². The van der Waals surface area contributed by atoms with Gasteiger partial charge in [-0.3, -0.25) is 4.79 Å². The maximum Gasteiger partial charge on any atom is 0.253 e. The van der Waals surface area contributed by atoms with E-state index in [-0.39, 0.29) is 5.91 Å². The summed E-state index contributed by atoms with van der Waals surface area (Å²) in [6, 6.07) is 10.9. The molecule has 0 aliphatic carbocycles. The second-order valence-corrected chi connectivity index (χ2v) is 5.83. The number of fused-ring (bicyclic) bond motifs is 1. The van der Waals surface area contributed by atoms with Crippen LogP contribution in [0.4, 0.5) is 0 Å². The molecule has 0 atom stereocenters. The van der Waals surface area contributed by atoms with E-state index in [9.17, 15) is 4.79 Å². The number of aromatic nitrogens is 2. The fraction of sp³-hybridized carbons (Fsp3) is 0.0667. The number of imidazole rings is 1. The first-order valence-corrected chi connectivity index (χ1v) is 7.46. The summed E-state index contributed by atoms with van der Waals surface area (Å²) in [7, 11) is 0. The van der Waals surface area contributed by atoms with Gasteiger partial charge in [-0.2, -0.15) is 0 Å². The van der Waals surface area contributed by atoms with E-state index in [4.69, 9.17) is 11.6 Å². The van der Waals surface area contributed by atoms with Crippen LogP contribution in [0.25, 0.3) is 5.65 Å². The van der Waals surface area contributed by atoms with Crippen molar-refractivity contribution in [1.82, 2.24) is 14.7 Å². The maximum atomic E-state index is 12.2. The highest BCUT2D eigenvalue weighted by atomic mass is 79.9. The van der Waals surface area contributed by atoms with Crippen LogP contribution in [-0.2, 0) is 6.54 Å². The van der Waals surface area contributed by atoms with Crippen LogP contribution in [-0.4, -0.2) is 15.3 Å². The minimum absolute atomic E-state index is 0.224. The SMILES string of the molecule is O=C(NCc1cn2ccccc2n1)c1cc(Br)ccc1Cl. The largest absolute Gasteiger partial charge is 0.346 e. The molecule has 0 spiro atoms. The van der Waals surface area contributed by atoms with Crippen molar-refractivity contribution in [3.8, 4) is 0 Å². The number of carbonyl (C=O) groups is 1. The number of hydrogen-bond donors (Lipinski definition) is 1. The molecule has 1 aromatic carbocycles. The number of halogens is 2. The van der Waals surface area contributed by atoms with Crippen LogP contribution in [0.1, 0.15) is 16.1 Å². The molecule has 2 heterocycles. The van der Waals surface area contributed by atoms with Crippen LogP contribution in [0.15, 0.2) is 53.3 Å². The zero-order valence-corrected chi connectivity index (χ0v) is 13.2. The van der Waals surface area contributed by atoms with Crippen LogP contribution < -0.4 is 5.32 Å². The van der Waals surface area contributed by atoms with Gasteiger partial charge in [0.25, 0.3) is 5.91 Å². The van der Waals surface area contributed by atoms with Gasteiger partial charge in [-0.15, -0.1) is 0 Å². The Morgan fingerprint density at radius 3 is 3.00 bits per heavy atom. The molecule has 1 amide bonds. The van der Waals surface area contributed by atoms with Crippen LogP contribution >= 0.6 is 27.5 Å². The molecule has 0 radical (unpaired) electrons. The first kappa shape index (κ1) is 14.1. The first-order chi connectivity index (χ1) is 10.1. The van der Waals surface area contributed by atoms with Crippen molar-refractivity contribution in [2.45, 2.75) is 6.54 Å². The summed E-state index contributed by atoms with van der Waals surface area (Å²) in [6.07, 6.45) is 3.80. The van der Waals surface area contributed by atoms with E-state index in [1.165, 1.54) is 0 Å².